The zero-order chi connectivity index (χ0) is 14.7. The lowest BCUT2D eigenvalue weighted by molar-refractivity contribution is 0.654. The van der Waals surface area contributed by atoms with Crippen molar-refractivity contribution in [3.05, 3.63) is 54.4 Å². The third-order valence-electron chi connectivity index (χ3n) is 3.31. The quantitative estimate of drug-likeness (QED) is 0.780. The van der Waals surface area contributed by atoms with Gasteiger partial charge in [0.25, 0.3) is 0 Å². The van der Waals surface area contributed by atoms with Crippen LogP contribution in [0.15, 0.2) is 42.9 Å². The number of hydrogen-bond acceptors (Lipinski definition) is 4. The Kier molecular flexibility index (Phi) is 3.68. The lowest BCUT2D eigenvalue weighted by Gasteiger charge is -2.09. The predicted molar refractivity (Wildman–Crippen MR) is 81.4 cm³/mol. The summed E-state index contributed by atoms with van der Waals surface area (Å²) < 4.78 is 4.05. The second-order valence-corrected chi connectivity index (χ2v) is 5.00. The summed E-state index contributed by atoms with van der Waals surface area (Å²) in [6.07, 6.45) is 4.58. The van der Waals surface area contributed by atoms with Crippen LogP contribution in [-0.4, -0.2) is 24.3 Å². The molecule has 0 fully saturated rings. The molecule has 1 N–H and O–H groups in total. The van der Waals surface area contributed by atoms with Gasteiger partial charge in [-0.05, 0) is 19.1 Å². The molecule has 0 bridgehead atoms. The Morgan fingerprint density at radius 2 is 2.00 bits per heavy atom. The van der Waals surface area contributed by atoms with Crippen LogP contribution in [0.3, 0.4) is 0 Å². The van der Waals surface area contributed by atoms with Gasteiger partial charge in [-0.1, -0.05) is 18.2 Å². The van der Waals surface area contributed by atoms with E-state index in [9.17, 15) is 0 Å². The largest absolute Gasteiger partial charge is 0.326 e. The first-order valence-corrected chi connectivity index (χ1v) is 6.91. The number of benzene rings is 1. The van der Waals surface area contributed by atoms with Crippen LogP contribution in [-0.2, 0) is 20.0 Å². The van der Waals surface area contributed by atoms with E-state index in [1.165, 1.54) is 0 Å². The number of rotatable bonds is 5. The highest BCUT2D eigenvalue weighted by atomic mass is 15.3. The van der Waals surface area contributed by atoms with E-state index in [-0.39, 0.29) is 0 Å². The van der Waals surface area contributed by atoms with Crippen molar-refractivity contribution >= 4 is 11.6 Å². The Morgan fingerprint density at radius 1 is 1.19 bits per heavy atom. The van der Waals surface area contributed by atoms with Crippen LogP contribution in [0.2, 0.25) is 0 Å². The highest BCUT2D eigenvalue weighted by Gasteiger charge is 2.08. The molecule has 6 heteroatoms. The fourth-order valence-corrected chi connectivity index (χ4v) is 2.22. The molecule has 0 radical (unpaired) electrons. The van der Waals surface area contributed by atoms with Crippen molar-refractivity contribution in [2.75, 3.05) is 5.32 Å². The van der Waals surface area contributed by atoms with Crippen LogP contribution in [0.1, 0.15) is 11.5 Å². The molecule has 0 saturated heterocycles. The van der Waals surface area contributed by atoms with Crippen molar-refractivity contribution in [1.82, 2.24) is 24.3 Å². The smallest absolute Gasteiger partial charge is 0.207 e. The van der Waals surface area contributed by atoms with Gasteiger partial charge in [0.1, 0.15) is 12.2 Å². The van der Waals surface area contributed by atoms with Gasteiger partial charge in [-0.25, -0.2) is 4.98 Å². The van der Waals surface area contributed by atoms with Crippen molar-refractivity contribution < 1.29 is 0 Å². The van der Waals surface area contributed by atoms with Gasteiger partial charge in [0.15, 0.2) is 0 Å². The van der Waals surface area contributed by atoms with Crippen molar-refractivity contribution in [3.63, 3.8) is 0 Å². The first kappa shape index (κ1) is 13.4. The monoisotopic (exact) mass is 282 g/mol. The predicted octanol–water partition coefficient (Wildman–Crippen LogP) is 2.31. The molecule has 0 aliphatic carbocycles. The maximum atomic E-state index is 4.54. The molecule has 0 spiro atoms. The molecule has 2 aromatic heterocycles. The highest BCUT2D eigenvalue weighted by molar-refractivity contribution is 5.53. The van der Waals surface area contributed by atoms with Gasteiger partial charge in [-0.3, -0.25) is 0 Å². The lowest BCUT2D eigenvalue weighted by atomic mass is 10.3. The molecule has 21 heavy (non-hydrogen) atoms. The van der Waals surface area contributed by atoms with E-state index in [0.717, 1.165) is 36.1 Å². The fourth-order valence-electron chi connectivity index (χ4n) is 2.22. The summed E-state index contributed by atoms with van der Waals surface area (Å²) in [6, 6.07) is 10.1. The van der Waals surface area contributed by atoms with E-state index >= 15 is 0 Å². The molecule has 0 aliphatic heterocycles. The van der Waals surface area contributed by atoms with Crippen LogP contribution in [0, 0.1) is 6.92 Å². The van der Waals surface area contributed by atoms with Gasteiger partial charge in [0.05, 0.1) is 5.69 Å². The van der Waals surface area contributed by atoms with Crippen LogP contribution in [0.4, 0.5) is 11.6 Å². The Hall–Kier alpha value is -2.63. The molecule has 2 heterocycles. The lowest BCUT2D eigenvalue weighted by Crippen LogP contribution is -2.08. The molecule has 3 aromatic rings. The van der Waals surface area contributed by atoms with Gasteiger partial charge in [-0.2, -0.15) is 0 Å². The number of anilines is 2. The van der Waals surface area contributed by atoms with E-state index in [4.69, 9.17) is 0 Å². The van der Waals surface area contributed by atoms with Crippen LogP contribution >= 0.6 is 0 Å². The SMILES string of the molecule is Cc1cn(CCc2nncn2C)c(Nc2ccccc2)n1. The second kappa shape index (κ2) is 5.78. The molecule has 3 rings (SSSR count). The maximum Gasteiger partial charge on any atom is 0.207 e. The summed E-state index contributed by atoms with van der Waals surface area (Å²) in [5, 5.41) is 11.4. The summed E-state index contributed by atoms with van der Waals surface area (Å²) in [4.78, 5) is 4.54. The Balaban J connectivity index is 1.75. The minimum Gasteiger partial charge on any atom is -0.326 e. The van der Waals surface area contributed by atoms with Crippen molar-refractivity contribution in [2.24, 2.45) is 7.05 Å². The topological polar surface area (TPSA) is 60.6 Å². The highest BCUT2D eigenvalue weighted by Crippen LogP contribution is 2.16. The molecule has 0 atom stereocenters. The zero-order valence-electron chi connectivity index (χ0n) is 12.2. The first-order chi connectivity index (χ1) is 10.2. The third-order valence-corrected chi connectivity index (χ3v) is 3.31. The van der Waals surface area contributed by atoms with E-state index in [1.807, 2.05) is 55.1 Å². The maximum absolute atomic E-state index is 4.54. The van der Waals surface area contributed by atoms with Gasteiger partial charge in [0, 0.05) is 31.9 Å². The number of hydrogen-bond donors (Lipinski definition) is 1. The molecule has 0 amide bonds. The summed E-state index contributed by atoms with van der Waals surface area (Å²) in [5.74, 6) is 1.81. The van der Waals surface area contributed by atoms with Crippen molar-refractivity contribution in [2.45, 2.75) is 19.9 Å². The van der Waals surface area contributed by atoms with E-state index in [0.29, 0.717) is 0 Å². The van der Waals surface area contributed by atoms with E-state index in [1.54, 1.807) is 6.33 Å². The molecular formula is C15H18N6. The standard InChI is InChI=1S/C15H18N6/c1-12-10-21(9-8-14-19-16-11-20(14)2)15(17-12)18-13-6-4-3-5-7-13/h3-7,10-11H,8-9H2,1-2H3,(H,17,18). The number of para-hydroxylation sites is 1. The minimum atomic E-state index is 0.808. The number of aromatic nitrogens is 5. The van der Waals surface area contributed by atoms with E-state index < -0.39 is 0 Å². The molecule has 108 valence electrons. The number of aryl methyl sites for hydroxylation is 4. The number of nitrogens with zero attached hydrogens (tertiary/aromatic N) is 5. The Labute approximate surface area is 123 Å². The summed E-state index contributed by atoms with van der Waals surface area (Å²) in [6.45, 7) is 2.80. The van der Waals surface area contributed by atoms with Gasteiger partial charge >= 0.3 is 0 Å². The zero-order valence-corrected chi connectivity index (χ0v) is 12.2. The molecule has 1 aromatic carbocycles. The van der Waals surface area contributed by atoms with Gasteiger partial charge < -0.3 is 14.5 Å². The molecule has 0 unspecified atom stereocenters. The summed E-state index contributed by atoms with van der Waals surface area (Å²) >= 11 is 0. The summed E-state index contributed by atoms with van der Waals surface area (Å²) in [7, 11) is 1.96. The number of nitrogens with one attached hydrogen (secondary N) is 1. The first-order valence-electron chi connectivity index (χ1n) is 6.91. The normalized spacial score (nSPS) is 10.8. The Bertz CT molecular complexity index is 713. The fraction of sp³-hybridized carbons (Fsp3) is 0.267. The van der Waals surface area contributed by atoms with Gasteiger partial charge in [-0.15, -0.1) is 10.2 Å². The van der Waals surface area contributed by atoms with Gasteiger partial charge in [0.2, 0.25) is 5.95 Å². The average molecular weight is 282 g/mol. The average Bonchev–Trinajstić information content (AvgIpc) is 3.04. The van der Waals surface area contributed by atoms with Crippen molar-refractivity contribution in [3.8, 4) is 0 Å². The Morgan fingerprint density at radius 3 is 2.71 bits per heavy atom. The van der Waals surface area contributed by atoms with E-state index in [2.05, 4.69) is 25.1 Å². The summed E-state index contributed by atoms with van der Waals surface area (Å²) in [5.41, 5.74) is 2.02. The second-order valence-electron chi connectivity index (χ2n) is 5.00. The minimum absolute atomic E-state index is 0.808. The molecule has 0 saturated carbocycles. The number of imidazole rings is 1. The van der Waals surface area contributed by atoms with Crippen LogP contribution < -0.4 is 5.32 Å². The third kappa shape index (κ3) is 3.10. The molecule has 6 nitrogen and oxygen atoms in total. The molecule has 0 aliphatic rings. The van der Waals surface area contributed by atoms with Crippen molar-refractivity contribution in [1.29, 1.82) is 0 Å². The van der Waals surface area contributed by atoms with Crippen LogP contribution in [0.25, 0.3) is 0 Å². The molecular weight excluding hydrogens is 264 g/mol. The van der Waals surface area contributed by atoms with Crippen LogP contribution in [0.5, 0.6) is 0 Å².